The van der Waals surface area contributed by atoms with Crippen LogP contribution >= 0.6 is 0 Å². The van der Waals surface area contributed by atoms with Crippen molar-refractivity contribution in [1.82, 2.24) is 0 Å². The molecule has 21 heavy (non-hydrogen) atoms. The van der Waals surface area contributed by atoms with E-state index >= 15 is 0 Å². The van der Waals surface area contributed by atoms with E-state index in [1.54, 1.807) is 0 Å². The van der Waals surface area contributed by atoms with E-state index in [0.29, 0.717) is 12.6 Å². The SMILES string of the molecule is Cc1cc(N2CCCC(N)C2)ccc1OC1CCCOC1. The van der Waals surface area contributed by atoms with E-state index in [9.17, 15) is 0 Å². The zero-order valence-electron chi connectivity index (χ0n) is 12.9. The maximum atomic E-state index is 6.08. The maximum absolute atomic E-state index is 6.08. The van der Waals surface area contributed by atoms with Gasteiger partial charge in [-0.05, 0) is 56.4 Å². The lowest BCUT2D eigenvalue weighted by Crippen LogP contribution is -2.42. The van der Waals surface area contributed by atoms with Gasteiger partial charge in [-0.3, -0.25) is 0 Å². The second kappa shape index (κ2) is 6.67. The minimum Gasteiger partial charge on any atom is -0.488 e. The summed E-state index contributed by atoms with van der Waals surface area (Å²) in [5, 5.41) is 0. The summed E-state index contributed by atoms with van der Waals surface area (Å²) >= 11 is 0. The van der Waals surface area contributed by atoms with Crippen LogP contribution in [0.3, 0.4) is 0 Å². The molecule has 0 saturated carbocycles. The van der Waals surface area contributed by atoms with Crippen LogP contribution in [0.4, 0.5) is 5.69 Å². The molecular formula is C17H26N2O2. The predicted octanol–water partition coefficient (Wildman–Crippen LogP) is 2.48. The molecule has 2 atom stereocenters. The molecule has 0 aliphatic carbocycles. The van der Waals surface area contributed by atoms with Crippen molar-refractivity contribution in [3.05, 3.63) is 23.8 Å². The van der Waals surface area contributed by atoms with Crippen molar-refractivity contribution >= 4 is 5.69 Å². The fourth-order valence-corrected chi connectivity index (χ4v) is 3.19. The molecule has 0 spiro atoms. The van der Waals surface area contributed by atoms with Crippen LogP contribution in [0.15, 0.2) is 18.2 Å². The summed E-state index contributed by atoms with van der Waals surface area (Å²) in [5.74, 6) is 0.982. The van der Waals surface area contributed by atoms with Crippen LogP contribution in [0.5, 0.6) is 5.75 Å². The highest BCUT2D eigenvalue weighted by Gasteiger charge is 2.19. The molecule has 0 bridgehead atoms. The lowest BCUT2D eigenvalue weighted by atomic mass is 10.1. The van der Waals surface area contributed by atoms with Crippen LogP contribution in [0, 0.1) is 6.92 Å². The van der Waals surface area contributed by atoms with Gasteiger partial charge in [0.15, 0.2) is 0 Å². The minimum absolute atomic E-state index is 0.201. The van der Waals surface area contributed by atoms with E-state index in [0.717, 1.165) is 44.7 Å². The molecule has 4 nitrogen and oxygen atoms in total. The number of nitrogens with two attached hydrogens (primary N) is 1. The third-order valence-corrected chi connectivity index (χ3v) is 4.39. The van der Waals surface area contributed by atoms with Crippen molar-refractivity contribution in [2.75, 3.05) is 31.2 Å². The van der Waals surface area contributed by atoms with Crippen molar-refractivity contribution in [2.24, 2.45) is 5.73 Å². The number of hydrogen-bond donors (Lipinski definition) is 1. The first-order valence-corrected chi connectivity index (χ1v) is 8.08. The van der Waals surface area contributed by atoms with Crippen molar-refractivity contribution in [1.29, 1.82) is 0 Å². The standard InChI is InChI=1S/C17H26N2O2/c1-13-10-15(19-8-2-4-14(18)11-19)6-7-17(13)21-16-5-3-9-20-12-16/h6-7,10,14,16H,2-5,8-9,11-12,18H2,1H3. The molecule has 1 aromatic rings. The number of hydrogen-bond acceptors (Lipinski definition) is 4. The average molecular weight is 290 g/mol. The molecule has 3 rings (SSSR count). The molecular weight excluding hydrogens is 264 g/mol. The van der Waals surface area contributed by atoms with Gasteiger partial charge in [0.25, 0.3) is 0 Å². The van der Waals surface area contributed by atoms with Gasteiger partial charge < -0.3 is 20.1 Å². The van der Waals surface area contributed by atoms with E-state index in [4.69, 9.17) is 15.2 Å². The number of aryl methyl sites for hydroxylation is 1. The van der Waals surface area contributed by atoms with Crippen LogP contribution in [0.1, 0.15) is 31.2 Å². The molecule has 2 N–H and O–H groups in total. The van der Waals surface area contributed by atoms with E-state index in [1.165, 1.54) is 17.7 Å². The van der Waals surface area contributed by atoms with Crippen LogP contribution in [-0.2, 0) is 4.74 Å². The molecule has 0 radical (unpaired) electrons. The van der Waals surface area contributed by atoms with Crippen LogP contribution in [0.2, 0.25) is 0 Å². The molecule has 1 aromatic carbocycles. The lowest BCUT2D eigenvalue weighted by molar-refractivity contribution is 0.00716. The van der Waals surface area contributed by atoms with Gasteiger partial charge in [-0.25, -0.2) is 0 Å². The second-order valence-electron chi connectivity index (χ2n) is 6.26. The molecule has 0 aromatic heterocycles. The molecule has 2 unspecified atom stereocenters. The molecule has 2 heterocycles. The van der Waals surface area contributed by atoms with Gasteiger partial charge in [0.1, 0.15) is 11.9 Å². The van der Waals surface area contributed by atoms with Crippen LogP contribution in [0.25, 0.3) is 0 Å². The fraction of sp³-hybridized carbons (Fsp3) is 0.647. The summed E-state index contributed by atoms with van der Waals surface area (Å²) in [6.45, 7) is 5.75. The molecule has 4 heteroatoms. The minimum atomic E-state index is 0.201. The van der Waals surface area contributed by atoms with Gasteiger partial charge in [0.05, 0.1) is 6.61 Å². The first-order valence-electron chi connectivity index (χ1n) is 8.08. The number of benzene rings is 1. The highest BCUT2D eigenvalue weighted by atomic mass is 16.5. The molecule has 0 amide bonds. The van der Waals surface area contributed by atoms with Crippen molar-refractivity contribution < 1.29 is 9.47 Å². The Hall–Kier alpha value is -1.26. The first kappa shape index (κ1) is 14.7. The smallest absolute Gasteiger partial charge is 0.122 e. The third kappa shape index (κ3) is 3.69. The summed E-state index contributed by atoms with van der Waals surface area (Å²) in [4.78, 5) is 2.38. The van der Waals surface area contributed by atoms with E-state index in [2.05, 4.69) is 30.0 Å². The van der Waals surface area contributed by atoms with Gasteiger partial charge in [-0.1, -0.05) is 0 Å². The maximum Gasteiger partial charge on any atom is 0.122 e. The van der Waals surface area contributed by atoms with Crippen molar-refractivity contribution in [2.45, 2.75) is 44.8 Å². The highest BCUT2D eigenvalue weighted by Crippen LogP contribution is 2.28. The van der Waals surface area contributed by atoms with Gasteiger partial charge in [-0.2, -0.15) is 0 Å². The largest absolute Gasteiger partial charge is 0.488 e. The summed E-state index contributed by atoms with van der Waals surface area (Å²) in [6.07, 6.45) is 4.69. The van der Waals surface area contributed by atoms with Gasteiger partial charge >= 0.3 is 0 Å². The van der Waals surface area contributed by atoms with Gasteiger partial charge in [0, 0.05) is 31.4 Å². The van der Waals surface area contributed by atoms with Crippen molar-refractivity contribution in [3.63, 3.8) is 0 Å². The first-order chi connectivity index (χ1) is 10.2. The Kier molecular flexibility index (Phi) is 4.66. The number of anilines is 1. The van der Waals surface area contributed by atoms with Crippen LogP contribution in [-0.4, -0.2) is 38.4 Å². The van der Waals surface area contributed by atoms with E-state index in [-0.39, 0.29) is 6.10 Å². The average Bonchev–Trinajstić information content (AvgIpc) is 2.50. The zero-order valence-corrected chi connectivity index (χ0v) is 12.9. The molecule has 2 aliphatic heterocycles. The van der Waals surface area contributed by atoms with Crippen LogP contribution < -0.4 is 15.4 Å². The fourth-order valence-electron chi connectivity index (χ4n) is 3.19. The molecule has 2 fully saturated rings. The van der Waals surface area contributed by atoms with Gasteiger partial charge in [0.2, 0.25) is 0 Å². The number of rotatable bonds is 3. The molecule has 2 saturated heterocycles. The summed E-state index contributed by atoms with van der Waals surface area (Å²) < 4.78 is 11.6. The lowest BCUT2D eigenvalue weighted by Gasteiger charge is -2.33. The summed E-state index contributed by atoms with van der Waals surface area (Å²) in [7, 11) is 0. The Bertz CT molecular complexity index is 472. The second-order valence-corrected chi connectivity index (χ2v) is 6.26. The molecule has 2 aliphatic rings. The monoisotopic (exact) mass is 290 g/mol. The predicted molar refractivity (Wildman–Crippen MR) is 85.1 cm³/mol. The van der Waals surface area contributed by atoms with Gasteiger partial charge in [-0.15, -0.1) is 0 Å². The quantitative estimate of drug-likeness (QED) is 0.929. The number of nitrogens with zero attached hydrogens (tertiary/aromatic N) is 1. The topological polar surface area (TPSA) is 47.7 Å². The Morgan fingerprint density at radius 3 is 2.90 bits per heavy atom. The molecule has 116 valence electrons. The number of piperidine rings is 1. The number of ether oxygens (including phenoxy) is 2. The Morgan fingerprint density at radius 1 is 1.29 bits per heavy atom. The Labute approximate surface area is 127 Å². The Morgan fingerprint density at radius 2 is 2.19 bits per heavy atom. The summed E-state index contributed by atoms with van der Waals surface area (Å²) in [5.41, 5.74) is 8.52. The third-order valence-electron chi connectivity index (χ3n) is 4.39. The highest BCUT2D eigenvalue weighted by molar-refractivity contribution is 5.53. The Balaban J connectivity index is 1.67. The summed E-state index contributed by atoms with van der Waals surface area (Å²) in [6, 6.07) is 6.77. The van der Waals surface area contributed by atoms with E-state index in [1.807, 2.05) is 0 Å². The van der Waals surface area contributed by atoms with Crippen molar-refractivity contribution in [3.8, 4) is 5.75 Å². The normalized spacial score (nSPS) is 26.7. The van der Waals surface area contributed by atoms with E-state index < -0.39 is 0 Å². The zero-order chi connectivity index (χ0) is 14.7.